The molecule has 0 atom stereocenters. The van der Waals surface area contributed by atoms with Gasteiger partial charge in [0.2, 0.25) is 0 Å². The SMILES string of the molecule is O=C(NCc1ccccc1OC(F)(F)F)n1sc2ncccc2c1=O. The monoisotopic (exact) mass is 369 g/mol. The van der Waals surface area contributed by atoms with Crippen molar-refractivity contribution < 1.29 is 22.7 Å². The highest BCUT2D eigenvalue weighted by molar-refractivity contribution is 7.14. The number of carbonyl (C=O) groups excluding carboxylic acids is 1. The molecule has 0 bridgehead atoms. The number of ether oxygens (including phenoxy) is 1. The molecule has 0 unspecified atom stereocenters. The summed E-state index contributed by atoms with van der Waals surface area (Å²) in [6.07, 6.45) is -3.35. The number of nitrogens with one attached hydrogen (secondary N) is 1. The third-order valence-electron chi connectivity index (χ3n) is 3.18. The first-order valence-corrected chi connectivity index (χ1v) is 7.71. The predicted molar refractivity (Wildman–Crippen MR) is 84.6 cm³/mol. The Bertz CT molecular complexity index is 981. The number of nitrogens with zero attached hydrogens (tertiary/aromatic N) is 2. The number of fused-ring (bicyclic) bond motifs is 1. The van der Waals surface area contributed by atoms with E-state index in [-0.39, 0.29) is 12.1 Å². The van der Waals surface area contributed by atoms with Crippen LogP contribution in [0.5, 0.6) is 5.75 Å². The number of rotatable bonds is 3. The number of amides is 1. The summed E-state index contributed by atoms with van der Waals surface area (Å²) in [4.78, 5) is 28.7. The molecule has 2 heterocycles. The van der Waals surface area contributed by atoms with Crippen LogP contribution in [-0.4, -0.2) is 21.3 Å². The van der Waals surface area contributed by atoms with Crippen LogP contribution in [0.1, 0.15) is 5.56 Å². The average molecular weight is 369 g/mol. The van der Waals surface area contributed by atoms with Crippen LogP contribution in [0.4, 0.5) is 18.0 Å². The van der Waals surface area contributed by atoms with E-state index in [1.54, 1.807) is 6.07 Å². The molecule has 10 heteroatoms. The maximum atomic E-state index is 12.4. The van der Waals surface area contributed by atoms with Crippen molar-refractivity contribution in [2.75, 3.05) is 0 Å². The van der Waals surface area contributed by atoms with Crippen LogP contribution in [0.15, 0.2) is 47.4 Å². The minimum atomic E-state index is -4.84. The Kier molecular flexibility index (Phi) is 4.45. The zero-order chi connectivity index (χ0) is 18.0. The van der Waals surface area contributed by atoms with Gasteiger partial charge in [-0.15, -0.1) is 13.2 Å². The second-order valence-corrected chi connectivity index (χ2v) is 5.80. The van der Waals surface area contributed by atoms with Gasteiger partial charge in [-0.25, -0.2) is 9.78 Å². The fraction of sp³-hybridized carbons (Fsp3) is 0.133. The van der Waals surface area contributed by atoms with Crippen LogP contribution in [-0.2, 0) is 6.54 Å². The molecule has 130 valence electrons. The van der Waals surface area contributed by atoms with Crippen LogP contribution in [0.3, 0.4) is 0 Å². The lowest BCUT2D eigenvalue weighted by Crippen LogP contribution is -2.32. The zero-order valence-electron chi connectivity index (χ0n) is 12.4. The third kappa shape index (κ3) is 3.79. The molecule has 1 amide bonds. The number of halogens is 3. The molecule has 25 heavy (non-hydrogen) atoms. The Morgan fingerprint density at radius 3 is 2.72 bits per heavy atom. The van der Waals surface area contributed by atoms with E-state index in [4.69, 9.17) is 0 Å². The third-order valence-corrected chi connectivity index (χ3v) is 4.19. The molecule has 0 fully saturated rings. The first-order valence-electron chi connectivity index (χ1n) is 6.94. The number of benzene rings is 1. The van der Waals surface area contributed by atoms with Gasteiger partial charge in [-0.1, -0.05) is 18.2 Å². The molecule has 0 saturated carbocycles. The van der Waals surface area contributed by atoms with Gasteiger partial charge >= 0.3 is 12.4 Å². The molecule has 0 aliphatic rings. The number of para-hydroxylation sites is 1. The fourth-order valence-corrected chi connectivity index (χ4v) is 2.98. The van der Waals surface area contributed by atoms with Crippen molar-refractivity contribution in [1.29, 1.82) is 0 Å². The van der Waals surface area contributed by atoms with E-state index >= 15 is 0 Å². The van der Waals surface area contributed by atoms with E-state index in [0.29, 0.717) is 10.2 Å². The maximum absolute atomic E-state index is 12.4. The van der Waals surface area contributed by atoms with E-state index in [9.17, 15) is 22.8 Å². The average Bonchev–Trinajstić information content (AvgIpc) is 2.90. The quantitative estimate of drug-likeness (QED) is 0.770. The van der Waals surface area contributed by atoms with Gasteiger partial charge in [0, 0.05) is 18.3 Å². The Morgan fingerprint density at radius 1 is 1.24 bits per heavy atom. The van der Waals surface area contributed by atoms with Crippen molar-refractivity contribution in [2.24, 2.45) is 0 Å². The molecule has 3 rings (SSSR count). The molecule has 1 N–H and O–H groups in total. The van der Waals surface area contributed by atoms with Gasteiger partial charge in [-0.2, -0.15) is 3.96 Å². The summed E-state index contributed by atoms with van der Waals surface area (Å²) in [7, 11) is 0. The molecule has 0 spiro atoms. The van der Waals surface area contributed by atoms with Crippen LogP contribution >= 0.6 is 11.5 Å². The highest BCUT2D eigenvalue weighted by atomic mass is 32.1. The lowest BCUT2D eigenvalue weighted by Gasteiger charge is -2.13. The smallest absolute Gasteiger partial charge is 0.405 e. The van der Waals surface area contributed by atoms with Gasteiger partial charge in [-0.3, -0.25) is 4.79 Å². The lowest BCUT2D eigenvalue weighted by atomic mass is 10.2. The van der Waals surface area contributed by atoms with Crippen molar-refractivity contribution in [3.05, 3.63) is 58.5 Å². The largest absolute Gasteiger partial charge is 0.573 e. The van der Waals surface area contributed by atoms with Crippen LogP contribution in [0.2, 0.25) is 0 Å². The van der Waals surface area contributed by atoms with E-state index in [0.717, 1.165) is 21.6 Å². The molecule has 0 aliphatic carbocycles. The predicted octanol–water partition coefficient (Wildman–Crippen LogP) is 3.11. The summed E-state index contributed by atoms with van der Waals surface area (Å²) < 4.78 is 42.0. The second-order valence-electron chi connectivity index (χ2n) is 4.86. The summed E-state index contributed by atoms with van der Waals surface area (Å²) in [5.74, 6) is -0.416. The van der Waals surface area contributed by atoms with Crippen molar-refractivity contribution in [3.63, 3.8) is 0 Å². The summed E-state index contributed by atoms with van der Waals surface area (Å²) in [5, 5.41) is 2.70. The van der Waals surface area contributed by atoms with Crippen molar-refractivity contribution >= 4 is 27.8 Å². The van der Waals surface area contributed by atoms with E-state index in [1.807, 2.05) is 0 Å². The zero-order valence-corrected chi connectivity index (χ0v) is 13.2. The highest BCUT2D eigenvalue weighted by Crippen LogP contribution is 2.26. The van der Waals surface area contributed by atoms with Gasteiger partial charge in [0.05, 0.1) is 5.39 Å². The second kappa shape index (κ2) is 6.55. The summed E-state index contributed by atoms with van der Waals surface area (Å²) in [6, 6.07) is 7.78. The number of carbonyl (C=O) groups is 1. The van der Waals surface area contributed by atoms with E-state index < -0.39 is 23.7 Å². The number of alkyl halides is 3. The number of pyridine rings is 1. The highest BCUT2D eigenvalue weighted by Gasteiger charge is 2.32. The maximum Gasteiger partial charge on any atom is 0.573 e. The van der Waals surface area contributed by atoms with Crippen LogP contribution < -0.4 is 15.6 Å². The van der Waals surface area contributed by atoms with E-state index in [2.05, 4.69) is 15.0 Å². The van der Waals surface area contributed by atoms with Crippen molar-refractivity contribution in [2.45, 2.75) is 12.9 Å². The Morgan fingerprint density at radius 2 is 2.00 bits per heavy atom. The minimum absolute atomic E-state index is 0.125. The Balaban J connectivity index is 1.79. The van der Waals surface area contributed by atoms with Crippen molar-refractivity contribution in [1.82, 2.24) is 14.3 Å². The number of aromatic nitrogens is 2. The van der Waals surface area contributed by atoms with Gasteiger partial charge in [0.15, 0.2) is 0 Å². The Labute approximate surface area is 142 Å². The summed E-state index contributed by atoms with van der Waals surface area (Å²) in [5.41, 5.74) is -0.411. The number of hydrogen-bond donors (Lipinski definition) is 1. The Hall–Kier alpha value is -2.88. The number of hydrogen-bond acceptors (Lipinski definition) is 5. The molecule has 0 radical (unpaired) electrons. The minimum Gasteiger partial charge on any atom is -0.405 e. The molecule has 0 aliphatic heterocycles. The summed E-state index contributed by atoms with van der Waals surface area (Å²) in [6.45, 7) is -0.237. The lowest BCUT2D eigenvalue weighted by molar-refractivity contribution is -0.274. The van der Waals surface area contributed by atoms with Crippen molar-refractivity contribution in [3.8, 4) is 5.75 Å². The van der Waals surface area contributed by atoms with E-state index in [1.165, 1.54) is 30.5 Å². The molecule has 6 nitrogen and oxygen atoms in total. The normalized spacial score (nSPS) is 11.5. The fourth-order valence-electron chi connectivity index (χ4n) is 2.11. The first kappa shape index (κ1) is 17.0. The van der Waals surface area contributed by atoms with Gasteiger partial charge in [0.25, 0.3) is 5.56 Å². The van der Waals surface area contributed by atoms with Gasteiger partial charge in [0.1, 0.15) is 10.6 Å². The molecule has 1 aromatic carbocycles. The molecular weight excluding hydrogens is 359 g/mol. The molecule has 3 aromatic rings. The first-order chi connectivity index (χ1) is 11.8. The molecule has 2 aromatic heterocycles. The van der Waals surface area contributed by atoms with Gasteiger partial charge < -0.3 is 10.1 Å². The van der Waals surface area contributed by atoms with Gasteiger partial charge in [-0.05, 0) is 29.7 Å². The molecule has 0 saturated heterocycles. The molecular formula is C15H10F3N3O3S. The standard InChI is InChI=1S/C15H10F3N3O3S/c16-15(17,18)24-11-6-2-1-4-9(11)8-20-14(23)21-13(22)10-5-3-7-19-12(10)25-21/h1-7H,8H2,(H,20,23). The van der Waals surface area contributed by atoms with Crippen LogP contribution in [0.25, 0.3) is 10.2 Å². The topological polar surface area (TPSA) is 73.2 Å². The van der Waals surface area contributed by atoms with Crippen LogP contribution in [0, 0.1) is 0 Å². The summed E-state index contributed by atoms with van der Waals surface area (Å²) >= 11 is 0.851.